The Morgan fingerprint density at radius 1 is 0.923 bits per heavy atom. The molecule has 2 aromatic carbocycles. The van der Waals surface area contributed by atoms with Crippen molar-refractivity contribution < 1.29 is 4.79 Å². The van der Waals surface area contributed by atoms with E-state index in [1.807, 2.05) is 30.3 Å². The number of anilines is 2. The molecule has 3 aromatic rings. The molecule has 0 spiro atoms. The van der Waals surface area contributed by atoms with E-state index in [1.54, 1.807) is 11.8 Å². The molecule has 206 valence electrons. The Balaban J connectivity index is 1.14. The molecule has 3 heterocycles. The molecule has 2 aliphatic rings. The monoisotopic (exact) mass is 564 g/mol. The van der Waals surface area contributed by atoms with E-state index in [1.165, 1.54) is 30.5 Å². The number of aryl methyl sites for hydroxylation is 1. The summed E-state index contributed by atoms with van der Waals surface area (Å²) in [6, 6.07) is 18.2. The van der Waals surface area contributed by atoms with Gasteiger partial charge in [-0.1, -0.05) is 60.1 Å². The summed E-state index contributed by atoms with van der Waals surface area (Å²) in [6.07, 6.45) is 3.84. The van der Waals surface area contributed by atoms with Crippen LogP contribution >= 0.6 is 23.4 Å². The number of halogens is 1. The molecule has 5 rings (SSSR count). The number of hydrogen-bond donors (Lipinski definition) is 1. The summed E-state index contributed by atoms with van der Waals surface area (Å²) in [5, 5.41) is 4.17. The van der Waals surface area contributed by atoms with Gasteiger partial charge in [-0.05, 0) is 62.2 Å². The second-order valence-corrected chi connectivity index (χ2v) is 11.6. The van der Waals surface area contributed by atoms with Crippen LogP contribution < -0.4 is 15.1 Å². The van der Waals surface area contributed by atoms with Crippen molar-refractivity contribution in [2.24, 2.45) is 0 Å². The number of para-hydroxylation sites is 1. The third kappa shape index (κ3) is 7.65. The second-order valence-electron chi connectivity index (χ2n) is 10.2. The minimum absolute atomic E-state index is 0.0232. The van der Waals surface area contributed by atoms with Crippen LogP contribution in [0.2, 0.25) is 5.15 Å². The summed E-state index contributed by atoms with van der Waals surface area (Å²) >= 11 is 7.95. The molecule has 0 radical (unpaired) electrons. The normalized spacial score (nSPS) is 16.4. The molecule has 0 bridgehead atoms. The van der Waals surface area contributed by atoms with Gasteiger partial charge in [0.05, 0.1) is 0 Å². The van der Waals surface area contributed by atoms with Gasteiger partial charge >= 0.3 is 0 Å². The lowest BCUT2D eigenvalue weighted by Crippen LogP contribution is -2.47. The standard InChI is InChI=1S/C30H37ClN6OS/c1-23-8-3-4-11-26(23)36-16-18-37(19-17-36)28-21-27(31)33-30(34-28)39-22-24-9-7-10-25(20-24)29(38)32-12-15-35-13-5-2-6-14-35/h3-4,7-11,20-21H,2,5-6,12-19,22H2,1H3,(H,32,38). The fraction of sp³-hybridized carbons (Fsp3) is 0.433. The first-order valence-corrected chi connectivity index (χ1v) is 15.2. The number of benzene rings is 2. The summed E-state index contributed by atoms with van der Waals surface area (Å²) in [4.78, 5) is 29.1. The van der Waals surface area contributed by atoms with Crippen molar-refractivity contribution in [2.75, 3.05) is 62.2 Å². The number of carbonyl (C=O) groups excluding carboxylic acids is 1. The molecule has 0 unspecified atom stereocenters. The quantitative estimate of drug-likeness (QED) is 0.216. The van der Waals surface area contributed by atoms with Gasteiger partial charge in [-0.25, -0.2) is 9.97 Å². The van der Waals surface area contributed by atoms with Crippen molar-refractivity contribution in [3.05, 3.63) is 76.4 Å². The number of nitrogens with one attached hydrogen (secondary N) is 1. The summed E-state index contributed by atoms with van der Waals surface area (Å²) in [7, 11) is 0. The zero-order valence-electron chi connectivity index (χ0n) is 22.6. The Bertz CT molecular complexity index is 1260. The van der Waals surface area contributed by atoms with Crippen LogP contribution in [-0.4, -0.2) is 73.1 Å². The summed E-state index contributed by atoms with van der Waals surface area (Å²) in [6.45, 7) is 9.64. The zero-order valence-corrected chi connectivity index (χ0v) is 24.2. The van der Waals surface area contributed by atoms with Crippen LogP contribution in [0.5, 0.6) is 0 Å². The maximum absolute atomic E-state index is 12.7. The van der Waals surface area contributed by atoms with Crippen LogP contribution in [0.1, 0.15) is 40.7 Å². The Morgan fingerprint density at radius 3 is 2.49 bits per heavy atom. The predicted octanol–water partition coefficient (Wildman–Crippen LogP) is 5.27. The maximum Gasteiger partial charge on any atom is 0.251 e. The molecular formula is C30H37ClN6OS. The number of rotatable bonds is 9. The van der Waals surface area contributed by atoms with Crippen molar-refractivity contribution in [3.63, 3.8) is 0 Å². The van der Waals surface area contributed by atoms with Crippen LogP contribution in [0.3, 0.4) is 0 Å². The van der Waals surface area contributed by atoms with E-state index >= 15 is 0 Å². The lowest BCUT2D eigenvalue weighted by atomic mass is 10.1. The molecule has 2 saturated heterocycles. The van der Waals surface area contributed by atoms with E-state index in [2.05, 4.69) is 56.2 Å². The molecular weight excluding hydrogens is 528 g/mol. The SMILES string of the molecule is Cc1ccccc1N1CCN(c2cc(Cl)nc(SCc3cccc(C(=O)NCCN4CCCCC4)c3)n2)CC1. The molecule has 7 nitrogen and oxygen atoms in total. The number of nitrogens with zero attached hydrogens (tertiary/aromatic N) is 5. The summed E-state index contributed by atoms with van der Waals surface area (Å²) in [5.74, 6) is 1.50. The number of piperazine rings is 1. The van der Waals surface area contributed by atoms with E-state index in [-0.39, 0.29) is 5.91 Å². The van der Waals surface area contributed by atoms with Gasteiger partial charge in [-0.15, -0.1) is 0 Å². The maximum atomic E-state index is 12.7. The lowest BCUT2D eigenvalue weighted by Gasteiger charge is -2.37. The van der Waals surface area contributed by atoms with E-state index in [9.17, 15) is 4.79 Å². The first-order chi connectivity index (χ1) is 19.0. The Hall–Kier alpha value is -2.81. The molecule has 1 amide bonds. The van der Waals surface area contributed by atoms with Gasteiger partial charge in [-0.3, -0.25) is 4.79 Å². The van der Waals surface area contributed by atoms with Gasteiger partial charge in [-0.2, -0.15) is 0 Å². The van der Waals surface area contributed by atoms with Crippen LogP contribution in [0.15, 0.2) is 59.8 Å². The van der Waals surface area contributed by atoms with Crippen LogP contribution in [0.4, 0.5) is 11.5 Å². The Kier molecular flexibility index (Phi) is 9.61. The van der Waals surface area contributed by atoms with Crippen molar-refractivity contribution in [2.45, 2.75) is 37.1 Å². The number of amides is 1. The topological polar surface area (TPSA) is 64.6 Å². The molecule has 0 aliphatic carbocycles. The fourth-order valence-corrected chi connectivity index (χ4v) is 6.29. The van der Waals surface area contributed by atoms with Gasteiger partial charge in [0.2, 0.25) is 0 Å². The number of thioether (sulfide) groups is 1. The minimum Gasteiger partial charge on any atom is -0.368 e. The van der Waals surface area contributed by atoms with Gasteiger partial charge in [0, 0.05) is 62.3 Å². The van der Waals surface area contributed by atoms with Gasteiger partial charge in [0.1, 0.15) is 11.0 Å². The van der Waals surface area contributed by atoms with Gasteiger partial charge in [0.15, 0.2) is 5.16 Å². The highest BCUT2D eigenvalue weighted by Gasteiger charge is 2.20. The van der Waals surface area contributed by atoms with E-state index in [4.69, 9.17) is 16.6 Å². The number of likely N-dealkylation sites (tertiary alicyclic amines) is 1. The Labute approximate surface area is 240 Å². The molecule has 2 fully saturated rings. The smallest absolute Gasteiger partial charge is 0.251 e. The molecule has 0 atom stereocenters. The third-order valence-corrected chi connectivity index (χ3v) is 8.55. The fourth-order valence-electron chi connectivity index (χ4n) is 5.27. The van der Waals surface area contributed by atoms with E-state index < -0.39 is 0 Å². The molecule has 9 heteroatoms. The molecule has 1 aromatic heterocycles. The first kappa shape index (κ1) is 27.7. The number of piperidine rings is 1. The molecule has 2 aliphatic heterocycles. The summed E-state index contributed by atoms with van der Waals surface area (Å²) < 4.78 is 0. The van der Waals surface area contributed by atoms with Crippen molar-refractivity contribution in [3.8, 4) is 0 Å². The highest BCUT2D eigenvalue weighted by atomic mass is 35.5. The third-order valence-electron chi connectivity index (χ3n) is 7.44. The van der Waals surface area contributed by atoms with E-state index in [0.29, 0.717) is 28.2 Å². The molecule has 0 saturated carbocycles. The molecule has 39 heavy (non-hydrogen) atoms. The van der Waals surface area contributed by atoms with Crippen LogP contribution in [0, 0.1) is 6.92 Å². The largest absolute Gasteiger partial charge is 0.368 e. The van der Waals surface area contributed by atoms with Crippen molar-refractivity contribution in [1.29, 1.82) is 0 Å². The molecule has 1 N–H and O–H groups in total. The highest BCUT2D eigenvalue weighted by Crippen LogP contribution is 2.27. The average Bonchev–Trinajstić information content (AvgIpc) is 2.97. The highest BCUT2D eigenvalue weighted by molar-refractivity contribution is 7.98. The van der Waals surface area contributed by atoms with Gasteiger partial charge in [0.25, 0.3) is 5.91 Å². The minimum atomic E-state index is -0.0232. The summed E-state index contributed by atoms with van der Waals surface area (Å²) in [5.41, 5.74) is 4.34. The van der Waals surface area contributed by atoms with Crippen LogP contribution in [0.25, 0.3) is 0 Å². The lowest BCUT2D eigenvalue weighted by molar-refractivity contribution is 0.0946. The van der Waals surface area contributed by atoms with Crippen LogP contribution in [-0.2, 0) is 5.75 Å². The van der Waals surface area contributed by atoms with Crippen molar-refractivity contribution in [1.82, 2.24) is 20.2 Å². The second kappa shape index (κ2) is 13.5. The number of carbonyl (C=O) groups is 1. The average molecular weight is 565 g/mol. The van der Waals surface area contributed by atoms with E-state index in [0.717, 1.165) is 57.2 Å². The number of aromatic nitrogens is 2. The Morgan fingerprint density at radius 2 is 1.69 bits per heavy atom. The number of hydrogen-bond acceptors (Lipinski definition) is 7. The predicted molar refractivity (Wildman–Crippen MR) is 161 cm³/mol. The van der Waals surface area contributed by atoms with Gasteiger partial charge < -0.3 is 20.0 Å². The van der Waals surface area contributed by atoms with Crippen molar-refractivity contribution >= 4 is 40.8 Å². The first-order valence-electron chi connectivity index (χ1n) is 13.9. The zero-order chi connectivity index (χ0) is 27.0.